The fourth-order valence-electron chi connectivity index (χ4n) is 4.20. The Balaban J connectivity index is 1.37. The lowest BCUT2D eigenvalue weighted by Gasteiger charge is -2.29. The second-order valence-electron chi connectivity index (χ2n) is 8.33. The number of carbonyl (C=O) groups is 1. The van der Waals surface area contributed by atoms with E-state index in [1.807, 2.05) is 18.2 Å². The highest BCUT2D eigenvalue weighted by Gasteiger charge is 2.30. The largest absolute Gasteiger partial charge is 0.486 e. The molecule has 9 nitrogen and oxygen atoms in total. The van der Waals surface area contributed by atoms with Crippen LogP contribution < -0.4 is 9.47 Å². The van der Waals surface area contributed by atoms with Gasteiger partial charge in [0.15, 0.2) is 22.8 Å². The van der Waals surface area contributed by atoms with Crippen molar-refractivity contribution < 1.29 is 27.2 Å². The zero-order valence-electron chi connectivity index (χ0n) is 18.3. The van der Waals surface area contributed by atoms with Crippen LogP contribution in [0.25, 0.3) is 11.0 Å². The van der Waals surface area contributed by atoms with Crippen LogP contribution in [0.1, 0.15) is 29.8 Å². The number of hydrogen-bond donors (Lipinski definition) is 0. The number of amides is 1. The van der Waals surface area contributed by atoms with Crippen LogP contribution in [0.15, 0.2) is 51.9 Å². The maximum atomic E-state index is 13.3. The minimum Gasteiger partial charge on any atom is -0.486 e. The summed E-state index contributed by atoms with van der Waals surface area (Å²) in [4.78, 5) is 14.7. The Kier molecular flexibility index (Phi) is 5.71. The molecular formula is C23H25N3O6S. The second-order valence-corrected chi connectivity index (χ2v) is 10.4. The van der Waals surface area contributed by atoms with Crippen molar-refractivity contribution in [2.24, 2.45) is 0 Å². The molecular weight excluding hydrogens is 446 g/mol. The lowest BCUT2D eigenvalue weighted by molar-refractivity contribution is 0.0715. The van der Waals surface area contributed by atoms with Crippen molar-refractivity contribution >= 4 is 26.9 Å². The van der Waals surface area contributed by atoms with Gasteiger partial charge in [0.2, 0.25) is 10.0 Å². The monoisotopic (exact) mass is 471 g/mol. The normalized spacial score (nSPS) is 18.6. The Morgan fingerprint density at radius 1 is 1.12 bits per heavy atom. The number of likely N-dealkylation sites (N-methyl/N-ethyl adjacent to an activating group) is 1. The summed E-state index contributed by atoms with van der Waals surface area (Å²) in [5.41, 5.74) is 0.518. The Hall–Kier alpha value is -3.11. The molecule has 3 aromatic rings. The molecule has 1 saturated heterocycles. The highest BCUT2D eigenvalue weighted by atomic mass is 32.2. The highest BCUT2D eigenvalue weighted by Crippen LogP contribution is 2.32. The zero-order valence-corrected chi connectivity index (χ0v) is 19.1. The summed E-state index contributed by atoms with van der Waals surface area (Å²) in [6.45, 7) is 1.69. The first-order chi connectivity index (χ1) is 15.9. The summed E-state index contributed by atoms with van der Waals surface area (Å²) < 4.78 is 44.7. The van der Waals surface area contributed by atoms with E-state index in [1.54, 1.807) is 11.0 Å². The summed E-state index contributed by atoms with van der Waals surface area (Å²) in [5, 5.41) is 4.34. The fourth-order valence-corrected chi connectivity index (χ4v) is 5.43. The number of hydrogen-bond acceptors (Lipinski definition) is 7. The highest BCUT2D eigenvalue weighted by molar-refractivity contribution is 7.89. The third-order valence-electron chi connectivity index (χ3n) is 6.02. The molecule has 0 saturated carbocycles. The van der Waals surface area contributed by atoms with Crippen molar-refractivity contribution in [2.45, 2.75) is 30.3 Å². The molecule has 0 N–H and O–H groups in total. The molecule has 0 bridgehead atoms. The van der Waals surface area contributed by atoms with Gasteiger partial charge in [-0.15, -0.1) is 0 Å². The smallest absolute Gasteiger partial charge is 0.276 e. The average molecular weight is 472 g/mol. The minimum absolute atomic E-state index is 0.0607. The van der Waals surface area contributed by atoms with E-state index >= 15 is 0 Å². The van der Waals surface area contributed by atoms with Crippen molar-refractivity contribution in [1.29, 1.82) is 0 Å². The maximum absolute atomic E-state index is 13.3. The van der Waals surface area contributed by atoms with Gasteiger partial charge in [0.1, 0.15) is 12.7 Å². The SMILES string of the molecule is CN(C[C@@H]1COc2ccccc2O1)S(=O)(=O)c1ccc2onc(C(=O)N3CCCCC3)c2c1. The topological polar surface area (TPSA) is 102 Å². The standard InChI is InChI=1S/C23H25N3O6S/c1-25(14-16-15-30-20-7-3-4-8-21(20)31-16)33(28,29)17-9-10-19-18(13-17)22(24-32-19)23(27)26-11-5-2-6-12-26/h3-4,7-10,13,16H,2,5-6,11-12,14-15H2,1H3/t16-/m1/s1. The number of aromatic nitrogens is 1. The third kappa shape index (κ3) is 4.16. The first-order valence-corrected chi connectivity index (χ1v) is 12.4. The molecule has 1 fully saturated rings. The number of para-hydroxylation sites is 2. The van der Waals surface area contributed by atoms with Crippen molar-refractivity contribution in [2.75, 3.05) is 33.3 Å². The van der Waals surface area contributed by atoms with Crippen LogP contribution in [0.2, 0.25) is 0 Å². The van der Waals surface area contributed by atoms with Crippen LogP contribution in [0, 0.1) is 0 Å². The first-order valence-electron chi connectivity index (χ1n) is 11.0. The van der Waals surface area contributed by atoms with E-state index in [1.165, 1.54) is 29.6 Å². The van der Waals surface area contributed by atoms with Gasteiger partial charge in [0.05, 0.1) is 16.8 Å². The molecule has 2 aliphatic heterocycles. The first kappa shape index (κ1) is 21.7. The molecule has 1 amide bonds. The fraction of sp³-hybridized carbons (Fsp3) is 0.391. The molecule has 2 aromatic carbocycles. The Morgan fingerprint density at radius 2 is 1.88 bits per heavy atom. The molecule has 0 unspecified atom stereocenters. The lowest BCUT2D eigenvalue weighted by Crippen LogP contribution is -2.41. The molecule has 5 rings (SSSR count). The predicted octanol–water partition coefficient (Wildman–Crippen LogP) is 2.91. The van der Waals surface area contributed by atoms with Crippen LogP contribution >= 0.6 is 0 Å². The van der Waals surface area contributed by atoms with Crippen LogP contribution in [-0.2, 0) is 10.0 Å². The maximum Gasteiger partial charge on any atom is 0.276 e. The van der Waals surface area contributed by atoms with Crippen molar-refractivity contribution in [1.82, 2.24) is 14.4 Å². The van der Waals surface area contributed by atoms with E-state index in [4.69, 9.17) is 14.0 Å². The van der Waals surface area contributed by atoms with E-state index in [-0.39, 0.29) is 29.6 Å². The quantitative estimate of drug-likeness (QED) is 0.564. The number of ether oxygens (including phenoxy) is 2. The summed E-state index contributed by atoms with van der Waals surface area (Å²) in [6.07, 6.45) is 2.54. The van der Waals surface area contributed by atoms with E-state index in [0.29, 0.717) is 35.6 Å². The van der Waals surface area contributed by atoms with Crippen molar-refractivity contribution in [3.05, 3.63) is 48.2 Å². The summed E-state index contributed by atoms with van der Waals surface area (Å²) in [5.74, 6) is 0.997. The Labute approximate surface area is 191 Å². The number of nitrogens with zero attached hydrogens (tertiary/aromatic N) is 3. The average Bonchev–Trinajstić information content (AvgIpc) is 3.27. The number of carbonyl (C=O) groups excluding carboxylic acids is 1. The van der Waals surface area contributed by atoms with Crippen LogP contribution in [0.4, 0.5) is 0 Å². The van der Waals surface area contributed by atoms with E-state index in [9.17, 15) is 13.2 Å². The number of sulfonamides is 1. The number of piperidine rings is 1. The molecule has 10 heteroatoms. The molecule has 2 aliphatic rings. The van der Waals surface area contributed by atoms with Crippen LogP contribution in [0.3, 0.4) is 0 Å². The van der Waals surface area contributed by atoms with E-state index in [2.05, 4.69) is 5.16 Å². The van der Waals surface area contributed by atoms with E-state index in [0.717, 1.165) is 19.3 Å². The van der Waals surface area contributed by atoms with Crippen LogP contribution in [-0.4, -0.2) is 68.1 Å². The Bertz CT molecular complexity index is 1280. The number of benzene rings is 2. The van der Waals surface area contributed by atoms with Gasteiger partial charge in [-0.3, -0.25) is 4.79 Å². The van der Waals surface area contributed by atoms with Gasteiger partial charge in [-0.1, -0.05) is 17.3 Å². The van der Waals surface area contributed by atoms with Gasteiger partial charge in [0.25, 0.3) is 5.91 Å². The molecule has 0 radical (unpaired) electrons. The minimum atomic E-state index is -3.85. The van der Waals surface area contributed by atoms with Gasteiger partial charge >= 0.3 is 0 Å². The molecule has 1 aromatic heterocycles. The molecule has 174 valence electrons. The second kappa shape index (κ2) is 8.68. The van der Waals surface area contributed by atoms with Gasteiger partial charge < -0.3 is 18.9 Å². The van der Waals surface area contributed by atoms with Crippen molar-refractivity contribution in [3.63, 3.8) is 0 Å². The molecule has 1 atom stereocenters. The van der Waals surface area contributed by atoms with Gasteiger partial charge in [-0.2, -0.15) is 4.31 Å². The molecule has 3 heterocycles. The zero-order chi connectivity index (χ0) is 23.0. The molecule has 0 spiro atoms. The van der Waals surface area contributed by atoms with Gasteiger partial charge in [-0.05, 0) is 49.6 Å². The van der Waals surface area contributed by atoms with Crippen LogP contribution in [0.5, 0.6) is 11.5 Å². The summed E-state index contributed by atoms with van der Waals surface area (Å²) in [7, 11) is -2.35. The Morgan fingerprint density at radius 3 is 2.67 bits per heavy atom. The van der Waals surface area contributed by atoms with E-state index < -0.39 is 16.1 Å². The number of likely N-dealkylation sites (tertiary alicyclic amines) is 1. The predicted molar refractivity (Wildman–Crippen MR) is 120 cm³/mol. The molecule has 33 heavy (non-hydrogen) atoms. The summed E-state index contributed by atoms with van der Waals surface area (Å²) in [6, 6.07) is 11.7. The lowest BCUT2D eigenvalue weighted by atomic mass is 10.1. The number of fused-ring (bicyclic) bond motifs is 2. The van der Waals surface area contributed by atoms with Gasteiger partial charge in [0, 0.05) is 20.1 Å². The van der Waals surface area contributed by atoms with Gasteiger partial charge in [-0.25, -0.2) is 8.42 Å². The van der Waals surface area contributed by atoms with Crippen molar-refractivity contribution in [3.8, 4) is 11.5 Å². The summed E-state index contributed by atoms with van der Waals surface area (Å²) >= 11 is 0. The number of rotatable bonds is 5. The third-order valence-corrected chi connectivity index (χ3v) is 7.84. The molecule has 0 aliphatic carbocycles.